The van der Waals surface area contributed by atoms with Crippen LogP contribution < -0.4 is 0 Å². The minimum atomic E-state index is -0.0928. The van der Waals surface area contributed by atoms with Crippen LogP contribution in [0.2, 0.25) is 0 Å². The number of Topliss-reactive ketones (excluding diaryl/α,β-unsaturated/α-hetero) is 1. The molecule has 1 saturated heterocycles. The number of likely N-dealkylation sites (N-methyl/N-ethyl adjacent to an activating group) is 1. The number of pyridine rings is 1. The average Bonchev–Trinajstić information content (AvgIpc) is 3.41. The Morgan fingerprint density at radius 3 is 2.73 bits per heavy atom. The summed E-state index contributed by atoms with van der Waals surface area (Å²) in [6.45, 7) is 2.06. The van der Waals surface area contributed by atoms with E-state index in [9.17, 15) is 9.59 Å². The van der Waals surface area contributed by atoms with Gasteiger partial charge in [-0.05, 0) is 54.9 Å². The van der Waals surface area contributed by atoms with Gasteiger partial charge in [-0.2, -0.15) is 0 Å². The van der Waals surface area contributed by atoms with Crippen molar-refractivity contribution in [2.45, 2.75) is 18.9 Å². The van der Waals surface area contributed by atoms with Crippen molar-refractivity contribution in [2.75, 3.05) is 26.7 Å². The molecular weight excluding hydrogens is 378 g/mol. The average molecular weight is 401 g/mol. The number of benzene rings is 1. The largest absolute Gasteiger partial charge is 0.451 e. The minimum absolute atomic E-state index is 0.0928. The number of fused-ring (bicyclic) bond motifs is 1. The number of amides is 1. The Kier molecular flexibility index (Phi) is 4.71. The van der Waals surface area contributed by atoms with Crippen LogP contribution in [0, 0.1) is 0 Å². The van der Waals surface area contributed by atoms with Gasteiger partial charge in [0, 0.05) is 49.6 Å². The molecule has 0 bridgehead atoms. The molecule has 1 aliphatic heterocycles. The first-order valence-electron chi connectivity index (χ1n) is 10.3. The van der Waals surface area contributed by atoms with E-state index in [0.717, 1.165) is 35.2 Å². The lowest BCUT2D eigenvalue weighted by atomic mass is 10.0. The quantitative estimate of drug-likeness (QED) is 0.671. The maximum Gasteiger partial charge on any atom is 0.289 e. The first-order valence-corrected chi connectivity index (χ1v) is 10.3. The Labute approximate surface area is 175 Å². The van der Waals surface area contributed by atoms with E-state index in [0.29, 0.717) is 31.0 Å². The van der Waals surface area contributed by atoms with Crippen LogP contribution >= 0.6 is 0 Å². The summed E-state index contributed by atoms with van der Waals surface area (Å²) in [5, 5.41) is 0. The second kappa shape index (κ2) is 7.54. The summed E-state index contributed by atoms with van der Waals surface area (Å²) in [7, 11) is 2.08. The van der Waals surface area contributed by atoms with E-state index < -0.39 is 0 Å². The maximum atomic E-state index is 13.1. The van der Waals surface area contributed by atoms with E-state index >= 15 is 0 Å². The number of ketones is 1. The van der Waals surface area contributed by atoms with Gasteiger partial charge in [0.1, 0.15) is 5.76 Å². The molecule has 5 rings (SSSR count). The van der Waals surface area contributed by atoms with Gasteiger partial charge in [-0.3, -0.25) is 19.5 Å². The van der Waals surface area contributed by atoms with Crippen molar-refractivity contribution in [3.8, 4) is 11.3 Å². The van der Waals surface area contributed by atoms with Gasteiger partial charge in [-0.15, -0.1) is 0 Å². The van der Waals surface area contributed by atoms with Crippen LogP contribution in [0.5, 0.6) is 0 Å². The van der Waals surface area contributed by atoms with Crippen LogP contribution in [0.1, 0.15) is 44.5 Å². The number of carbonyl (C=O) groups excluding carboxylic acids is 2. The summed E-state index contributed by atoms with van der Waals surface area (Å²) >= 11 is 0. The molecule has 1 atom stereocenters. The normalized spacial score (nSPS) is 19.2. The van der Waals surface area contributed by atoms with Gasteiger partial charge in [-0.1, -0.05) is 12.1 Å². The summed E-state index contributed by atoms with van der Waals surface area (Å²) in [6.07, 6.45) is 4.91. The van der Waals surface area contributed by atoms with Crippen molar-refractivity contribution in [1.29, 1.82) is 0 Å². The molecule has 3 heterocycles. The van der Waals surface area contributed by atoms with E-state index in [2.05, 4.69) is 16.9 Å². The lowest BCUT2D eigenvalue weighted by Gasteiger charge is -2.39. The molecule has 3 aromatic rings. The van der Waals surface area contributed by atoms with Crippen molar-refractivity contribution in [1.82, 2.24) is 14.8 Å². The van der Waals surface area contributed by atoms with Gasteiger partial charge < -0.3 is 9.32 Å². The van der Waals surface area contributed by atoms with Crippen molar-refractivity contribution >= 4 is 11.7 Å². The zero-order valence-corrected chi connectivity index (χ0v) is 16.9. The van der Waals surface area contributed by atoms with Crippen LogP contribution in [-0.2, 0) is 6.42 Å². The second-order valence-electron chi connectivity index (χ2n) is 7.99. The molecule has 6 nitrogen and oxygen atoms in total. The molecule has 1 aromatic carbocycles. The number of piperazine rings is 1. The van der Waals surface area contributed by atoms with E-state index in [4.69, 9.17) is 4.42 Å². The van der Waals surface area contributed by atoms with Gasteiger partial charge in [-0.25, -0.2) is 0 Å². The molecular formula is C24H23N3O3. The first-order chi connectivity index (χ1) is 14.6. The molecule has 1 fully saturated rings. The monoisotopic (exact) mass is 401 g/mol. The molecule has 152 valence electrons. The number of aryl methyl sites for hydroxylation is 1. The molecule has 0 radical (unpaired) electrons. The molecule has 1 aliphatic carbocycles. The summed E-state index contributed by atoms with van der Waals surface area (Å²) in [5.74, 6) is 1.11. The molecule has 2 aliphatic rings. The number of rotatable bonds is 3. The third-order valence-corrected chi connectivity index (χ3v) is 6.15. The first kappa shape index (κ1) is 18.8. The van der Waals surface area contributed by atoms with Crippen molar-refractivity contribution in [3.05, 3.63) is 77.3 Å². The number of carbonyl (C=O) groups is 2. The summed E-state index contributed by atoms with van der Waals surface area (Å²) in [6, 6.07) is 13.5. The fraction of sp³-hybridized carbons (Fsp3) is 0.292. The Hall–Kier alpha value is -3.25. The third kappa shape index (κ3) is 3.33. The molecule has 2 aromatic heterocycles. The standard InChI is InChI=1S/C24H23N3O3/c1-26-12-13-27(15-20(26)16-8-10-25-11-9-16)24(29)23-7-6-22(30-23)18-2-4-19-17(14-18)3-5-21(19)28/h2,4,6-11,14,20H,3,5,12-13,15H2,1H3. The van der Waals surface area contributed by atoms with Gasteiger partial charge in [0.25, 0.3) is 5.91 Å². The number of hydrogen-bond donors (Lipinski definition) is 0. The lowest BCUT2D eigenvalue weighted by Crippen LogP contribution is -2.48. The highest BCUT2D eigenvalue weighted by molar-refractivity contribution is 6.01. The topological polar surface area (TPSA) is 66.7 Å². The van der Waals surface area contributed by atoms with Crippen LogP contribution in [-0.4, -0.2) is 53.2 Å². The molecule has 1 unspecified atom stereocenters. The Bertz CT molecular complexity index is 1110. The lowest BCUT2D eigenvalue weighted by molar-refractivity contribution is 0.0518. The van der Waals surface area contributed by atoms with Crippen LogP contribution in [0.3, 0.4) is 0 Å². The zero-order chi connectivity index (χ0) is 20.7. The number of nitrogens with zero attached hydrogens (tertiary/aromatic N) is 3. The highest BCUT2D eigenvalue weighted by Crippen LogP contribution is 2.30. The smallest absolute Gasteiger partial charge is 0.289 e. The predicted molar refractivity (Wildman–Crippen MR) is 112 cm³/mol. The Morgan fingerprint density at radius 2 is 1.90 bits per heavy atom. The maximum absolute atomic E-state index is 13.1. The van der Waals surface area contributed by atoms with Crippen molar-refractivity contribution in [2.24, 2.45) is 0 Å². The molecule has 1 amide bonds. The van der Waals surface area contributed by atoms with Gasteiger partial charge in [0.05, 0.1) is 6.04 Å². The van der Waals surface area contributed by atoms with E-state index in [1.165, 1.54) is 0 Å². The molecule has 0 spiro atoms. The number of furan rings is 1. The Morgan fingerprint density at radius 1 is 1.07 bits per heavy atom. The van der Waals surface area contributed by atoms with E-state index in [1.807, 2.05) is 41.3 Å². The van der Waals surface area contributed by atoms with Crippen molar-refractivity contribution < 1.29 is 14.0 Å². The fourth-order valence-electron chi connectivity index (χ4n) is 4.38. The molecule has 30 heavy (non-hydrogen) atoms. The number of hydrogen-bond acceptors (Lipinski definition) is 5. The Balaban J connectivity index is 1.35. The summed E-state index contributed by atoms with van der Waals surface area (Å²) < 4.78 is 5.94. The van der Waals surface area contributed by atoms with Gasteiger partial charge >= 0.3 is 0 Å². The summed E-state index contributed by atoms with van der Waals surface area (Å²) in [4.78, 5) is 33.2. The van der Waals surface area contributed by atoms with Crippen molar-refractivity contribution in [3.63, 3.8) is 0 Å². The number of aromatic nitrogens is 1. The third-order valence-electron chi connectivity index (χ3n) is 6.15. The molecule has 6 heteroatoms. The second-order valence-corrected chi connectivity index (χ2v) is 7.99. The minimum Gasteiger partial charge on any atom is -0.451 e. The highest BCUT2D eigenvalue weighted by atomic mass is 16.4. The van der Waals surface area contributed by atoms with Crippen LogP contribution in [0.25, 0.3) is 11.3 Å². The molecule has 0 N–H and O–H groups in total. The zero-order valence-electron chi connectivity index (χ0n) is 16.9. The van der Waals surface area contributed by atoms with Crippen LogP contribution in [0.4, 0.5) is 0 Å². The van der Waals surface area contributed by atoms with E-state index in [1.54, 1.807) is 18.5 Å². The molecule has 0 saturated carbocycles. The SMILES string of the molecule is CN1CCN(C(=O)c2ccc(-c3ccc4c(c3)CCC4=O)o2)CC1c1ccncc1. The van der Waals surface area contributed by atoms with Crippen LogP contribution in [0.15, 0.2) is 59.3 Å². The highest BCUT2D eigenvalue weighted by Gasteiger charge is 2.30. The van der Waals surface area contributed by atoms with E-state index in [-0.39, 0.29) is 17.7 Å². The fourth-order valence-corrected chi connectivity index (χ4v) is 4.38. The van der Waals surface area contributed by atoms with Gasteiger partial charge in [0.2, 0.25) is 0 Å². The predicted octanol–water partition coefficient (Wildman–Crippen LogP) is 3.60. The summed E-state index contributed by atoms with van der Waals surface area (Å²) in [5.41, 5.74) is 3.91. The van der Waals surface area contributed by atoms with Gasteiger partial charge in [0.15, 0.2) is 11.5 Å².